The molecule has 0 bridgehead atoms. The zero-order valence-corrected chi connectivity index (χ0v) is 28.3. The molecule has 1 aromatic rings. The van der Waals surface area contributed by atoms with Gasteiger partial charge in [0.2, 0.25) is 0 Å². The van der Waals surface area contributed by atoms with E-state index in [1.165, 1.54) is 0 Å². The fourth-order valence-corrected chi connectivity index (χ4v) is 7.72. The summed E-state index contributed by atoms with van der Waals surface area (Å²) >= 11 is 1.58. The summed E-state index contributed by atoms with van der Waals surface area (Å²) < 4.78 is 14.6. The fourth-order valence-electron chi connectivity index (χ4n) is 7.60. The first-order valence-corrected chi connectivity index (χ1v) is 15.7. The average Bonchev–Trinajstić information content (AvgIpc) is 2.88. The molecule has 43 heavy (non-hydrogen) atoms. The summed E-state index contributed by atoms with van der Waals surface area (Å²) in [4.78, 5) is 49.3. The van der Waals surface area contributed by atoms with E-state index in [-0.39, 0.29) is 46.4 Å². The van der Waals surface area contributed by atoms with Crippen LogP contribution >= 0.6 is 23.0 Å². The molecule has 0 aliphatic heterocycles. The van der Waals surface area contributed by atoms with Gasteiger partial charge in [0.05, 0.1) is 0 Å². The Hall–Kier alpha value is -2.77. The lowest BCUT2D eigenvalue weighted by Gasteiger charge is -2.47. The predicted octanol–water partition coefficient (Wildman–Crippen LogP) is 6.59. The Balaban J connectivity index is 1.48. The van der Waals surface area contributed by atoms with E-state index in [2.05, 4.69) is 62.8 Å². The number of rotatable bonds is 8. The van der Waals surface area contributed by atoms with Gasteiger partial charge in [0, 0.05) is 25.2 Å². The molecule has 4 N–H and O–H groups in total. The van der Waals surface area contributed by atoms with E-state index in [4.69, 9.17) is 12.5 Å². The van der Waals surface area contributed by atoms with Crippen LogP contribution in [0.25, 0.3) is 0 Å². The third-order valence-electron chi connectivity index (χ3n) is 8.33. The number of benzene rings is 1. The first kappa shape index (κ1) is 34.7. The molecular weight excluding hydrogens is 667 g/mol. The van der Waals surface area contributed by atoms with Crippen molar-refractivity contribution in [2.45, 2.75) is 98.8 Å². The van der Waals surface area contributed by atoms with Crippen LogP contribution in [-0.2, 0) is 19.1 Å². The molecule has 0 saturated heterocycles. The van der Waals surface area contributed by atoms with Gasteiger partial charge in [0.1, 0.15) is 6.61 Å². The Morgan fingerprint density at radius 3 is 1.74 bits per heavy atom. The van der Waals surface area contributed by atoms with Gasteiger partial charge in [0.25, 0.3) is 0 Å². The second-order valence-electron chi connectivity index (χ2n) is 14.6. The van der Waals surface area contributed by atoms with Crippen molar-refractivity contribution in [1.29, 1.82) is 0 Å². The van der Waals surface area contributed by atoms with Crippen LogP contribution in [0.4, 0.5) is 19.2 Å². The van der Waals surface area contributed by atoms with Crippen molar-refractivity contribution in [3.63, 3.8) is 0 Å². The van der Waals surface area contributed by atoms with E-state index in [1.54, 1.807) is 23.0 Å². The van der Waals surface area contributed by atoms with Gasteiger partial charge < -0.3 is 33.8 Å². The first-order chi connectivity index (χ1) is 20.0. The smallest absolute Gasteiger partial charge is 0.429 e. The van der Waals surface area contributed by atoms with E-state index in [0.717, 1.165) is 31.2 Å². The number of hydrogen-bond acceptors (Lipinski definition) is 7. The number of hydrogen-bond donors (Lipinski definition) is 4. The zero-order chi connectivity index (χ0) is 31.9. The van der Waals surface area contributed by atoms with Crippen molar-refractivity contribution in [3.05, 3.63) is 35.9 Å². The number of carbonyl (C=O) groups excluding carboxylic acids is 4. The Morgan fingerprint density at radius 2 is 1.26 bits per heavy atom. The summed E-state index contributed by atoms with van der Waals surface area (Å²) in [6, 6.07) is 8.61. The summed E-state index contributed by atoms with van der Waals surface area (Å²) in [5, 5.41) is 11.8. The minimum absolute atomic E-state index is 0.00265. The Kier molecular flexibility index (Phi) is 11.6. The van der Waals surface area contributed by atoms with Crippen molar-refractivity contribution in [2.75, 3.05) is 13.1 Å². The number of ether oxygens (including phenoxy) is 2. The van der Waals surface area contributed by atoms with E-state index in [1.807, 2.05) is 30.3 Å². The number of halogens is 1. The lowest BCUT2D eigenvalue weighted by molar-refractivity contribution is 0.0546. The standard InChI is InChI=1S/C31H47IN4O7/c1-28(2)12-22(35-25(38)42-27(40)41-16-21-10-8-7-9-11-21)14-30(5,17-28)19-33-24(37)34-20-31(6)15-23(36-26(39)43-32)13-29(3,4)18-31/h7-11,22-23H,12-20H2,1-6H3,(H,35,38)(H,36,39)(H2,33,34,37). The van der Waals surface area contributed by atoms with Gasteiger partial charge in [-0.1, -0.05) is 71.9 Å². The van der Waals surface area contributed by atoms with Crippen LogP contribution in [0.3, 0.4) is 0 Å². The third-order valence-corrected chi connectivity index (χ3v) is 8.73. The van der Waals surface area contributed by atoms with Gasteiger partial charge >= 0.3 is 24.4 Å². The zero-order valence-electron chi connectivity index (χ0n) is 26.1. The molecule has 4 unspecified atom stereocenters. The maximum absolute atomic E-state index is 12.9. The predicted molar refractivity (Wildman–Crippen MR) is 170 cm³/mol. The number of urea groups is 1. The third kappa shape index (κ3) is 11.7. The molecule has 240 valence electrons. The first-order valence-electron chi connectivity index (χ1n) is 14.8. The second kappa shape index (κ2) is 14.3. The highest BCUT2D eigenvalue weighted by atomic mass is 127. The fraction of sp³-hybridized carbons (Fsp3) is 0.677. The van der Waals surface area contributed by atoms with E-state index >= 15 is 0 Å². The highest BCUT2D eigenvalue weighted by Gasteiger charge is 2.44. The highest BCUT2D eigenvalue weighted by Crippen LogP contribution is 2.47. The van der Waals surface area contributed by atoms with Crippen molar-refractivity contribution >= 4 is 47.4 Å². The molecule has 4 atom stereocenters. The molecule has 2 aliphatic rings. The van der Waals surface area contributed by atoms with Crippen LogP contribution in [0, 0.1) is 21.7 Å². The summed E-state index contributed by atoms with van der Waals surface area (Å²) in [5.41, 5.74) is 0.182. The number of nitrogens with one attached hydrogen (secondary N) is 4. The molecule has 0 radical (unpaired) electrons. The molecule has 12 heteroatoms. The SMILES string of the molecule is CC1(C)CC(NC(=O)OI)CC(C)(CNC(=O)NCC2(C)CC(NC(=O)OC(=O)OCc3ccccc3)CC(C)(C)C2)C1. The molecule has 2 saturated carbocycles. The monoisotopic (exact) mass is 714 g/mol. The average molecular weight is 715 g/mol. The normalized spacial score (nSPS) is 27.6. The molecule has 4 amide bonds. The lowest BCUT2D eigenvalue weighted by atomic mass is 9.62. The summed E-state index contributed by atoms with van der Waals surface area (Å²) in [6.07, 6.45) is 2.28. The van der Waals surface area contributed by atoms with Gasteiger partial charge in [-0.3, -0.25) is 0 Å². The van der Waals surface area contributed by atoms with Crippen LogP contribution in [0.15, 0.2) is 30.3 Å². The van der Waals surface area contributed by atoms with Gasteiger partial charge in [-0.05, 0) is 65.7 Å². The van der Waals surface area contributed by atoms with Crippen LogP contribution < -0.4 is 21.3 Å². The molecular formula is C31H47IN4O7. The topological polar surface area (TPSA) is 144 Å². The maximum atomic E-state index is 12.9. The van der Waals surface area contributed by atoms with E-state index < -0.39 is 18.3 Å². The number of amides is 4. The van der Waals surface area contributed by atoms with Crippen molar-refractivity contribution < 1.29 is 31.7 Å². The maximum Gasteiger partial charge on any atom is 0.517 e. The molecule has 2 aliphatic carbocycles. The summed E-state index contributed by atoms with van der Waals surface area (Å²) in [6.45, 7) is 13.7. The Bertz CT molecular complexity index is 1150. The number of alkyl carbamates (subject to hydrolysis) is 1. The quantitative estimate of drug-likeness (QED) is 0.135. The van der Waals surface area contributed by atoms with Crippen LogP contribution in [0.1, 0.15) is 85.6 Å². The van der Waals surface area contributed by atoms with Crippen molar-refractivity contribution in [1.82, 2.24) is 21.3 Å². The molecule has 2 fully saturated rings. The molecule has 0 aromatic heterocycles. The van der Waals surface area contributed by atoms with Gasteiger partial charge in [0.15, 0.2) is 23.0 Å². The lowest BCUT2D eigenvalue weighted by Crippen LogP contribution is -2.53. The van der Waals surface area contributed by atoms with Crippen molar-refractivity contribution in [3.8, 4) is 0 Å². The molecule has 0 spiro atoms. The van der Waals surface area contributed by atoms with Gasteiger partial charge in [-0.25, -0.2) is 19.2 Å². The summed E-state index contributed by atoms with van der Waals surface area (Å²) in [7, 11) is 0. The molecule has 1 aromatic carbocycles. The Labute approximate surface area is 269 Å². The van der Waals surface area contributed by atoms with Gasteiger partial charge in [-0.2, -0.15) is 0 Å². The largest absolute Gasteiger partial charge is 0.517 e. The van der Waals surface area contributed by atoms with Crippen LogP contribution in [0.5, 0.6) is 0 Å². The van der Waals surface area contributed by atoms with Crippen molar-refractivity contribution in [2.24, 2.45) is 21.7 Å². The molecule has 11 nitrogen and oxygen atoms in total. The van der Waals surface area contributed by atoms with E-state index in [0.29, 0.717) is 25.9 Å². The second-order valence-corrected chi connectivity index (χ2v) is 15.1. The Morgan fingerprint density at radius 1 is 0.767 bits per heavy atom. The van der Waals surface area contributed by atoms with E-state index in [9.17, 15) is 19.2 Å². The minimum atomic E-state index is -1.06. The highest BCUT2D eigenvalue weighted by molar-refractivity contribution is 14.1. The van der Waals surface area contributed by atoms with Crippen LogP contribution in [0.2, 0.25) is 0 Å². The molecule has 3 rings (SSSR count). The molecule has 0 heterocycles. The van der Waals surface area contributed by atoms with Crippen LogP contribution in [-0.4, -0.2) is 49.5 Å². The minimum Gasteiger partial charge on any atom is -0.429 e. The number of carbonyl (C=O) groups is 4. The van der Waals surface area contributed by atoms with Gasteiger partial charge in [-0.15, -0.1) is 0 Å². The summed E-state index contributed by atoms with van der Waals surface area (Å²) in [5.74, 6) is 0.